The molecular formula is C15H16N4O. The second-order valence-electron chi connectivity index (χ2n) is 5.73. The summed E-state index contributed by atoms with van der Waals surface area (Å²) in [5, 5.41) is 2.84. The third-order valence-electron chi connectivity index (χ3n) is 4.36. The fraction of sp³-hybridized carbons (Fsp3) is 0.333. The molecule has 2 heterocycles. The maximum atomic E-state index is 11.4. The molecule has 0 radical (unpaired) electrons. The van der Waals surface area contributed by atoms with Crippen molar-refractivity contribution in [1.82, 2.24) is 9.97 Å². The molecule has 4 N–H and O–H groups in total. The second kappa shape index (κ2) is 3.93. The number of hydrogen-bond donors (Lipinski definition) is 3. The molecule has 1 saturated carbocycles. The largest absolute Gasteiger partial charge is 0.342 e. The van der Waals surface area contributed by atoms with Gasteiger partial charge in [0.2, 0.25) is 5.91 Å². The van der Waals surface area contributed by atoms with E-state index in [1.807, 2.05) is 24.4 Å². The Morgan fingerprint density at radius 3 is 2.95 bits per heavy atom. The quantitative estimate of drug-likeness (QED) is 0.790. The Bertz CT molecular complexity index is 700. The van der Waals surface area contributed by atoms with Gasteiger partial charge in [-0.2, -0.15) is 0 Å². The lowest BCUT2D eigenvalue weighted by Gasteiger charge is -2.07. The van der Waals surface area contributed by atoms with Crippen LogP contribution in [0.1, 0.15) is 24.2 Å². The van der Waals surface area contributed by atoms with Gasteiger partial charge < -0.3 is 16.0 Å². The minimum Gasteiger partial charge on any atom is -0.342 e. The highest BCUT2D eigenvalue weighted by molar-refractivity contribution is 5.99. The highest BCUT2D eigenvalue weighted by Gasteiger charge is 2.45. The molecule has 20 heavy (non-hydrogen) atoms. The van der Waals surface area contributed by atoms with Gasteiger partial charge in [-0.3, -0.25) is 4.79 Å². The molecule has 1 aliphatic carbocycles. The maximum Gasteiger partial charge on any atom is 0.228 e. The first-order chi connectivity index (χ1) is 9.70. The monoisotopic (exact) mass is 268 g/mol. The highest BCUT2D eigenvalue weighted by Crippen LogP contribution is 2.46. The van der Waals surface area contributed by atoms with Crippen molar-refractivity contribution in [2.75, 3.05) is 11.9 Å². The third kappa shape index (κ3) is 1.67. The van der Waals surface area contributed by atoms with Crippen molar-refractivity contribution in [2.24, 2.45) is 5.73 Å². The molecule has 1 aromatic heterocycles. The minimum absolute atomic E-state index is 0.0579. The number of amides is 1. The number of aromatic amines is 1. The van der Waals surface area contributed by atoms with Crippen LogP contribution in [0.4, 0.5) is 5.69 Å². The molecule has 5 nitrogen and oxygen atoms in total. The van der Waals surface area contributed by atoms with E-state index < -0.39 is 0 Å². The Balaban J connectivity index is 1.69. The van der Waals surface area contributed by atoms with Crippen LogP contribution in [0.15, 0.2) is 24.4 Å². The molecule has 0 bridgehead atoms. The standard InChI is InChI=1S/C15H16N4O/c16-8-15(3-4-15)14-17-7-12(19-14)9-1-2-11-10(5-9)6-13(20)18-11/h1-2,5,7H,3-4,6,8,16H2,(H,17,19)(H,18,20). The van der Waals surface area contributed by atoms with Gasteiger partial charge in [0.1, 0.15) is 5.82 Å². The van der Waals surface area contributed by atoms with Crippen molar-refractivity contribution in [1.29, 1.82) is 0 Å². The number of nitrogens with one attached hydrogen (secondary N) is 2. The number of rotatable bonds is 3. The van der Waals surface area contributed by atoms with Crippen LogP contribution in [-0.4, -0.2) is 22.4 Å². The summed E-state index contributed by atoms with van der Waals surface area (Å²) in [7, 11) is 0. The van der Waals surface area contributed by atoms with Crippen molar-refractivity contribution < 1.29 is 4.79 Å². The Morgan fingerprint density at radius 2 is 2.20 bits per heavy atom. The maximum absolute atomic E-state index is 11.4. The number of carbonyl (C=O) groups excluding carboxylic acids is 1. The van der Waals surface area contributed by atoms with Crippen molar-refractivity contribution >= 4 is 11.6 Å². The zero-order chi connectivity index (χ0) is 13.7. The van der Waals surface area contributed by atoms with Crippen molar-refractivity contribution in [3.8, 4) is 11.3 Å². The average Bonchev–Trinajstić information content (AvgIpc) is 2.93. The van der Waals surface area contributed by atoms with Gasteiger partial charge in [-0.1, -0.05) is 6.07 Å². The van der Waals surface area contributed by atoms with Crippen LogP contribution in [0.5, 0.6) is 0 Å². The molecule has 2 aromatic rings. The molecule has 0 spiro atoms. The van der Waals surface area contributed by atoms with E-state index in [4.69, 9.17) is 5.73 Å². The smallest absolute Gasteiger partial charge is 0.228 e. The summed E-state index contributed by atoms with van der Waals surface area (Å²) in [5.41, 5.74) is 9.92. The number of anilines is 1. The number of H-pyrrole nitrogens is 1. The van der Waals surface area contributed by atoms with E-state index >= 15 is 0 Å². The van der Waals surface area contributed by atoms with Gasteiger partial charge in [-0.25, -0.2) is 4.98 Å². The van der Waals surface area contributed by atoms with Crippen molar-refractivity contribution in [2.45, 2.75) is 24.7 Å². The van der Waals surface area contributed by atoms with Gasteiger partial charge in [-0.05, 0) is 36.1 Å². The van der Waals surface area contributed by atoms with Gasteiger partial charge in [-0.15, -0.1) is 0 Å². The molecule has 1 fully saturated rings. The number of aromatic nitrogens is 2. The lowest BCUT2D eigenvalue weighted by atomic mass is 10.1. The van der Waals surface area contributed by atoms with E-state index in [2.05, 4.69) is 15.3 Å². The van der Waals surface area contributed by atoms with Crippen LogP contribution in [0.25, 0.3) is 11.3 Å². The summed E-state index contributed by atoms with van der Waals surface area (Å²) < 4.78 is 0. The van der Waals surface area contributed by atoms with Gasteiger partial charge in [0.15, 0.2) is 0 Å². The molecule has 0 atom stereocenters. The first-order valence-corrected chi connectivity index (χ1v) is 6.89. The Labute approximate surface area is 116 Å². The molecule has 1 aromatic carbocycles. The summed E-state index contributed by atoms with van der Waals surface area (Å²) >= 11 is 0. The van der Waals surface area contributed by atoms with Crippen LogP contribution in [0.2, 0.25) is 0 Å². The van der Waals surface area contributed by atoms with Crippen molar-refractivity contribution in [3.63, 3.8) is 0 Å². The summed E-state index contributed by atoms with van der Waals surface area (Å²) in [6, 6.07) is 6.00. The summed E-state index contributed by atoms with van der Waals surface area (Å²) in [5.74, 6) is 1.05. The van der Waals surface area contributed by atoms with Gasteiger partial charge in [0, 0.05) is 17.6 Å². The molecular weight excluding hydrogens is 252 g/mol. The molecule has 0 saturated heterocycles. The van der Waals surface area contributed by atoms with E-state index in [0.29, 0.717) is 13.0 Å². The van der Waals surface area contributed by atoms with E-state index in [-0.39, 0.29) is 11.3 Å². The fourth-order valence-electron chi connectivity index (χ4n) is 2.82. The third-order valence-corrected chi connectivity index (χ3v) is 4.36. The Hall–Kier alpha value is -2.14. The predicted octanol–water partition coefficient (Wildman–Crippen LogP) is 1.56. The zero-order valence-electron chi connectivity index (χ0n) is 11.1. The number of carbonyl (C=O) groups is 1. The van der Waals surface area contributed by atoms with Crippen LogP contribution in [0, 0.1) is 0 Å². The molecule has 4 rings (SSSR count). The van der Waals surface area contributed by atoms with E-state index in [1.54, 1.807) is 0 Å². The predicted molar refractivity (Wildman–Crippen MR) is 76.3 cm³/mol. The molecule has 1 aliphatic heterocycles. The molecule has 2 aliphatic rings. The minimum atomic E-state index is 0.0579. The zero-order valence-corrected chi connectivity index (χ0v) is 11.1. The number of hydrogen-bond acceptors (Lipinski definition) is 3. The number of nitrogens with two attached hydrogens (primary N) is 1. The van der Waals surface area contributed by atoms with Crippen LogP contribution >= 0.6 is 0 Å². The second-order valence-corrected chi connectivity index (χ2v) is 5.73. The van der Waals surface area contributed by atoms with Crippen LogP contribution in [-0.2, 0) is 16.6 Å². The molecule has 0 unspecified atom stereocenters. The Morgan fingerprint density at radius 1 is 1.35 bits per heavy atom. The number of imidazole rings is 1. The van der Waals surface area contributed by atoms with Gasteiger partial charge in [0.05, 0.1) is 18.3 Å². The SMILES string of the molecule is NCC1(c2ncc(-c3ccc4c(c3)CC(=O)N4)[nH]2)CC1. The average molecular weight is 268 g/mol. The topological polar surface area (TPSA) is 83.8 Å². The summed E-state index contributed by atoms with van der Waals surface area (Å²) in [4.78, 5) is 19.3. The van der Waals surface area contributed by atoms with Crippen molar-refractivity contribution in [3.05, 3.63) is 35.8 Å². The van der Waals surface area contributed by atoms with E-state index in [0.717, 1.165) is 41.2 Å². The molecule has 1 amide bonds. The molecule has 5 heteroatoms. The lowest BCUT2D eigenvalue weighted by molar-refractivity contribution is -0.115. The summed E-state index contributed by atoms with van der Waals surface area (Å²) in [6.45, 7) is 0.641. The number of nitrogens with zero attached hydrogens (tertiary/aromatic N) is 1. The highest BCUT2D eigenvalue weighted by atomic mass is 16.1. The normalized spacial score (nSPS) is 18.8. The van der Waals surface area contributed by atoms with Gasteiger partial charge in [0.25, 0.3) is 0 Å². The number of fused-ring (bicyclic) bond motifs is 1. The van der Waals surface area contributed by atoms with Crippen LogP contribution < -0.4 is 11.1 Å². The Kier molecular flexibility index (Phi) is 2.29. The van der Waals surface area contributed by atoms with E-state index in [1.165, 1.54) is 0 Å². The number of benzene rings is 1. The van der Waals surface area contributed by atoms with E-state index in [9.17, 15) is 4.79 Å². The summed E-state index contributed by atoms with van der Waals surface area (Å²) in [6.07, 6.45) is 4.53. The first-order valence-electron chi connectivity index (χ1n) is 6.89. The van der Waals surface area contributed by atoms with Gasteiger partial charge >= 0.3 is 0 Å². The first kappa shape index (κ1) is 11.7. The van der Waals surface area contributed by atoms with Crippen LogP contribution in [0.3, 0.4) is 0 Å². The fourth-order valence-corrected chi connectivity index (χ4v) is 2.82. The molecule has 102 valence electrons. The lowest BCUT2D eigenvalue weighted by Crippen LogP contribution is -2.21.